The van der Waals surface area contributed by atoms with E-state index in [0.717, 1.165) is 25.8 Å². The summed E-state index contributed by atoms with van der Waals surface area (Å²) in [6.07, 6.45) is 3.10. The predicted molar refractivity (Wildman–Crippen MR) is 68.1 cm³/mol. The number of aromatic nitrogens is 3. The zero-order valence-corrected chi connectivity index (χ0v) is 11.1. The summed E-state index contributed by atoms with van der Waals surface area (Å²) in [7, 11) is 0. The van der Waals surface area contributed by atoms with Crippen molar-refractivity contribution in [3.8, 4) is 6.01 Å². The van der Waals surface area contributed by atoms with Gasteiger partial charge in [-0.3, -0.25) is 0 Å². The maximum absolute atomic E-state index is 9.39. The van der Waals surface area contributed by atoms with Gasteiger partial charge in [-0.25, -0.2) is 0 Å². The molecule has 1 aromatic rings. The maximum atomic E-state index is 9.39. The molecule has 0 radical (unpaired) electrons. The molecule has 1 unspecified atom stereocenters. The Morgan fingerprint density at radius 3 is 2.94 bits per heavy atom. The molecule has 0 amide bonds. The normalized spacial score (nSPS) is 19.9. The summed E-state index contributed by atoms with van der Waals surface area (Å²) in [5.74, 6) is 0.484. The number of rotatable bonds is 4. The first-order chi connectivity index (χ1) is 8.74. The molecule has 7 heteroatoms. The van der Waals surface area contributed by atoms with Gasteiger partial charge >= 0.3 is 6.01 Å². The summed E-state index contributed by atoms with van der Waals surface area (Å²) in [5.41, 5.74) is 0. The van der Waals surface area contributed by atoms with Crippen molar-refractivity contribution in [1.82, 2.24) is 15.0 Å². The van der Waals surface area contributed by atoms with Crippen molar-refractivity contribution in [2.75, 3.05) is 24.7 Å². The molecule has 1 saturated heterocycles. The summed E-state index contributed by atoms with van der Waals surface area (Å²) < 4.78 is 5.25. The fraction of sp³-hybridized carbons (Fsp3) is 0.727. The number of ether oxygens (including phenoxy) is 1. The van der Waals surface area contributed by atoms with Crippen LogP contribution in [0.2, 0.25) is 5.28 Å². The average molecular weight is 273 g/mol. The van der Waals surface area contributed by atoms with E-state index in [9.17, 15) is 5.11 Å². The molecule has 0 bridgehead atoms. The standard InChI is InChI=1S/C11H17ClN4O2/c1-2-18-11-14-9(12)13-10(15-11)16-6-4-3-5-8(16)7-17/h8,17H,2-7H2,1H3. The van der Waals surface area contributed by atoms with Gasteiger partial charge in [0.25, 0.3) is 0 Å². The van der Waals surface area contributed by atoms with Crippen molar-refractivity contribution in [2.45, 2.75) is 32.2 Å². The van der Waals surface area contributed by atoms with Crippen molar-refractivity contribution < 1.29 is 9.84 Å². The Labute approximate surface area is 111 Å². The first-order valence-corrected chi connectivity index (χ1v) is 6.54. The molecule has 0 aromatic carbocycles. The van der Waals surface area contributed by atoms with Crippen LogP contribution in [0.15, 0.2) is 0 Å². The van der Waals surface area contributed by atoms with Crippen molar-refractivity contribution in [3.05, 3.63) is 5.28 Å². The number of hydrogen-bond donors (Lipinski definition) is 1. The van der Waals surface area contributed by atoms with Gasteiger partial charge in [-0.2, -0.15) is 15.0 Å². The molecule has 1 aliphatic rings. The zero-order chi connectivity index (χ0) is 13.0. The van der Waals surface area contributed by atoms with Crippen molar-refractivity contribution in [3.63, 3.8) is 0 Å². The smallest absolute Gasteiger partial charge is 0.322 e. The van der Waals surface area contributed by atoms with E-state index < -0.39 is 0 Å². The van der Waals surface area contributed by atoms with Gasteiger partial charge in [0.2, 0.25) is 11.2 Å². The highest BCUT2D eigenvalue weighted by molar-refractivity contribution is 6.28. The van der Waals surface area contributed by atoms with Crippen LogP contribution in [0.3, 0.4) is 0 Å². The Morgan fingerprint density at radius 2 is 2.22 bits per heavy atom. The van der Waals surface area contributed by atoms with E-state index in [4.69, 9.17) is 16.3 Å². The van der Waals surface area contributed by atoms with E-state index >= 15 is 0 Å². The second kappa shape index (κ2) is 6.15. The van der Waals surface area contributed by atoms with Gasteiger partial charge in [0.05, 0.1) is 19.3 Å². The monoisotopic (exact) mass is 272 g/mol. The third kappa shape index (κ3) is 3.00. The minimum atomic E-state index is 0.0479. The van der Waals surface area contributed by atoms with Crippen LogP contribution in [-0.4, -0.2) is 45.9 Å². The second-order valence-electron chi connectivity index (χ2n) is 4.15. The molecule has 0 spiro atoms. The fourth-order valence-corrected chi connectivity index (χ4v) is 2.25. The predicted octanol–water partition coefficient (Wildman–Crippen LogP) is 1.27. The average Bonchev–Trinajstić information content (AvgIpc) is 2.38. The van der Waals surface area contributed by atoms with Crippen LogP contribution in [-0.2, 0) is 0 Å². The molecule has 6 nitrogen and oxygen atoms in total. The zero-order valence-electron chi connectivity index (χ0n) is 10.3. The quantitative estimate of drug-likeness (QED) is 0.890. The van der Waals surface area contributed by atoms with Crippen LogP contribution in [0.5, 0.6) is 6.01 Å². The van der Waals surface area contributed by atoms with E-state index in [1.807, 2.05) is 11.8 Å². The molecule has 1 aromatic heterocycles. The summed E-state index contributed by atoms with van der Waals surface area (Å²) in [6.45, 7) is 3.24. The van der Waals surface area contributed by atoms with Crippen LogP contribution in [0.4, 0.5) is 5.95 Å². The first kappa shape index (κ1) is 13.3. The SMILES string of the molecule is CCOc1nc(Cl)nc(N2CCCCC2CO)n1. The van der Waals surface area contributed by atoms with Gasteiger partial charge in [0.1, 0.15) is 0 Å². The largest absolute Gasteiger partial charge is 0.464 e. The first-order valence-electron chi connectivity index (χ1n) is 6.16. The van der Waals surface area contributed by atoms with Crippen molar-refractivity contribution >= 4 is 17.5 Å². The van der Waals surface area contributed by atoms with Gasteiger partial charge in [-0.15, -0.1) is 0 Å². The molecular formula is C11H17ClN4O2. The van der Waals surface area contributed by atoms with Crippen LogP contribution >= 0.6 is 11.6 Å². The number of halogens is 1. The Morgan fingerprint density at radius 1 is 1.39 bits per heavy atom. The molecule has 1 N–H and O–H groups in total. The molecule has 18 heavy (non-hydrogen) atoms. The van der Waals surface area contributed by atoms with Crippen LogP contribution in [0.1, 0.15) is 26.2 Å². The Hall–Kier alpha value is -1.14. The summed E-state index contributed by atoms with van der Waals surface area (Å²) >= 11 is 5.86. The third-order valence-electron chi connectivity index (χ3n) is 2.94. The number of nitrogens with zero attached hydrogens (tertiary/aromatic N) is 4. The molecule has 100 valence electrons. The molecular weight excluding hydrogens is 256 g/mol. The van der Waals surface area contributed by atoms with Gasteiger partial charge in [0, 0.05) is 6.54 Å². The molecule has 1 atom stereocenters. The number of hydrogen-bond acceptors (Lipinski definition) is 6. The van der Waals surface area contributed by atoms with Gasteiger partial charge in [0.15, 0.2) is 0 Å². The minimum Gasteiger partial charge on any atom is -0.464 e. The van der Waals surface area contributed by atoms with Crippen molar-refractivity contribution in [1.29, 1.82) is 0 Å². The van der Waals surface area contributed by atoms with Crippen LogP contribution in [0, 0.1) is 0 Å². The van der Waals surface area contributed by atoms with E-state index in [0.29, 0.717) is 12.6 Å². The molecule has 2 heterocycles. The molecule has 2 rings (SSSR count). The third-order valence-corrected chi connectivity index (χ3v) is 3.11. The lowest BCUT2D eigenvalue weighted by atomic mass is 10.0. The maximum Gasteiger partial charge on any atom is 0.322 e. The minimum absolute atomic E-state index is 0.0479. The van der Waals surface area contributed by atoms with E-state index in [1.165, 1.54) is 0 Å². The van der Waals surface area contributed by atoms with E-state index in [2.05, 4.69) is 15.0 Å². The van der Waals surface area contributed by atoms with Crippen molar-refractivity contribution in [2.24, 2.45) is 0 Å². The number of anilines is 1. The fourth-order valence-electron chi connectivity index (χ4n) is 2.10. The lowest BCUT2D eigenvalue weighted by molar-refractivity contribution is 0.238. The van der Waals surface area contributed by atoms with Gasteiger partial charge in [-0.05, 0) is 37.8 Å². The Bertz CT molecular complexity index is 405. The highest BCUT2D eigenvalue weighted by atomic mass is 35.5. The highest BCUT2D eigenvalue weighted by Crippen LogP contribution is 2.23. The summed E-state index contributed by atoms with van der Waals surface area (Å²) in [4.78, 5) is 14.2. The second-order valence-corrected chi connectivity index (χ2v) is 4.48. The number of aliphatic hydroxyl groups is 1. The van der Waals surface area contributed by atoms with Gasteiger partial charge < -0.3 is 14.7 Å². The number of aliphatic hydroxyl groups excluding tert-OH is 1. The number of piperidine rings is 1. The topological polar surface area (TPSA) is 71.4 Å². The van der Waals surface area contributed by atoms with E-state index in [-0.39, 0.29) is 23.9 Å². The summed E-state index contributed by atoms with van der Waals surface area (Å²) in [6, 6.07) is 0.279. The Kier molecular flexibility index (Phi) is 4.54. The Balaban J connectivity index is 2.24. The lowest BCUT2D eigenvalue weighted by Crippen LogP contribution is -2.43. The molecule has 0 saturated carbocycles. The summed E-state index contributed by atoms with van der Waals surface area (Å²) in [5, 5.41) is 9.50. The van der Waals surface area contributed by atoms with E-state index in [1.54, 1.807) is 0 Å². The van der Waals surface area contributed by atoms with Gasteiger partial charge in [-0.1, -0.05) is 0 Å². The van der Waals surface area contributed by atoms with Crippen LogP contribution in [0.25, 0.3) is 0 Å². The van der Waals surface area contributed by atoms with Crippen LogP contribution < -0.4 is 9.64 Å². The highest BCUT2D eigenvalue weighted by Gasteiger charge is 2.25. The molecule has 1 aliphatic heterocycles. The molecule has 1 fully saturated rings. The molecule has 0 aliphatic carbocycles. The lowest BCUT2D eigenvalue weighted by Gasteiger charge is -2.34.